The number of para-hydroxylation sites is 1. The summed E-state index contributed by atoms with van der Waals surface area (Å²) < 4.78 is 0. The molecule has 21 heavy (non-hydrogen) atoms. The molecule has 0 saturated carbocycles. The molecule has 0 aromatic heterocycles. The van der Waals surface area contributed by atoms with Crippen LogP contribution in [0.2, 0.25) is 0 Å². The number of likely N-dealkylation sites (tertiary alicyclic amines) is 1. The fourth-order valence-electron chi connectivity index (χ4n) is 3.10. The molecule has 1 unspecified atom stereocenters. The van der Waals surface area contributed by atoms with Crippen LogP contribution >= 0.6 is 0 Å². The van der Waals surface area contributed by atoms with Crippen LogP contribution in [0.15, 0.2) is 24.3 Å². The monoisotopic (exact) mass is 290 g/mol. The van der Waals surface area contributed by atoms with Crippen molar-refractivity contribution in [1.29, 1.82) is 0 Å². The van der Waals surface area contributed by atoms with Gasteiger partial charge in [-0.25, -0.2) is 9.59 Å². The van der Waals surface area contributed by atoms with Gasteiger partial charge in [-0.1, -0.05) is 18.2 Å². The van der Waals surface area contributed by atoms with Gasteiger partial charge in [0.15, 0.2) is 0 Å². The fourth-order valence-corrected chi connectivity index (χ4v) is 3.10. The third kappa shape index (κ3) is 2.47. The van der Waals surface area contributed by atoms with E-state index in [0.29, 0.717) is 25.1 Å². The van der Waals surface area contributed by atoms with E-state index in [4.69, 9.17) is 0 Å². The molecule has 2 aliphatic rings. The molecule has 0 spiro atoms. The van der Waals surface area contributed by atoms with Crippen molar-refractivity contribution >= 4 is 17.7 Å². The number of urea groups is 1. The van der Waals surface area contributed by atoms with E-state index in [2.05, 4.69) is 0 Å². The number of nitrogens with zero attached hydrogens (tertiary/aromatic N) is 2. The van der Waals surface area contributed by atoms with E-state index in [1.165, 1.54) is 4.90 Å². The van der Waals surface area contributed by atoms with E-state index < -0.39 is 18.1 Å². The van der Waals surface area contributed by atoms with Crippen molar-refractivity contribution in [2.45, 2.75) is 31.4 Å². The predicted molar refractivity (Wildman–Crippen MR) is 76.3 cm³/mol. The SMILES string of the molecule is O=C(O)[C@@H]1Cc2ccccc2N1C(=O)N1CCCC(O)C1. The summed E-state index contributed by atoms with van der Waals surface area (Å²) in [5, 5.41) is 19.1. The number of hydrogen-bond donors (Lipinski definition) is 2. The minimum Gasteiger partial charge on any atom is -0.480 e. The molecule has 2 amide bonds. The van der Waals surface area contributed by atoms with Gasteiger partial charge >= 0.3 is 12.0 Å². The molecule has 2 atom stereocenters. The number of carbonyl (C=O) groups is 2. The molecule has 2 aliphatic heterocycles. The first-order valence-electron chi connectivity index (χ1n) is 7.15. The van der Waals surface area contributed by atoms with Crippen LogP contribution in [0.1, 0.15) is 18.4 Å². The second-order valence-corrected chi connectivity index (χ2v) is 5.58. The Hall–Kier alpha value is -2.08. The average molecular weight is 290 g/mol. The minimum absolute atomic E-state index is 0.268. The van der Waals surface area contributed by atoms with E-state index in [9.17, 15) is 19.8 Å². The predicted octanol–water partition coefficient (Wildman–Crippen LogP) is 1.08. The maximum atomic E-state index is 12.7. The zero-order chi connectivity index (χ0) is 15.0. The van der Waals surface area contributed by atoms with Crippen molar-refractivity contribution in [3.63, 3.8) is 0 Å². The van der Waals surface area contributed by atoms with Crippen LogP contribution in [0.5, 0.6) is 0 Å². The molecule has 0 radical (unpaired) electrons. The van der Waals surface area contributed by atoms with Crippen molar-refractivity contribution < 1.29 is 19.8 Å². The molecule has 112 valence electrons. The van der Waals surface area contributed by atoms with Crippen LogP contribution in [0, 0.1) is 0 Å². The first-order valence-corrected chi connectivity index (χ1v) is 7.15. The molecule has 1 aromatic rings. The van der Waals surface area contributed by atoms with Crippen LogP contribution < -0.4 is 4.90 Å². The van der Waals surface area contributed by atoms with Gasteiger partial charge in [0.25, 0.3) is 0 Å². The fraction of sp³-hybridized carbons (Fsp3) is 0.467. The minimum atomic E-state index is -1.00. The van der Waals surface area contributed by atoms with Gasteiger partial charge in [-0.05, 0) is 24.5 Å². The Morgan fingerprint density at radius 2 is 2.00 bits per heavy atom. The normalized spacial score (nSPS) is 24.8. The lowest BCUT2D eigenvalue weighted by Crippen LogP contribution is -2.53. The van der Waals surface area contributed by atoms with Crippen LogP contribution in [-0.2, 0) is 11.2 Å². The Morgan fingerprint density at radius 1 is 1.24 bits per heavy atom. The Kier molecular flexibility index (Phi) is 3.55. The maximum Gasteiger partial charge on any atom is 0.327 e. The molecule has 6 nitrogen and oxygen atoms in total. The molecular weight excluding hydrogens is 272 g/mol. The summed E-state index contributed by atoms with van der Waals surface area (Å²) in [6.45, 7) is 0.824. The number of piperidine rings is 1. The zero-order valence-electron chi connectivity index (χ0n) is 11.6. The van der Waals surface area contributed by atoms with E-state index in [1.807, 2.05) is 12.1 Å². The number of hydrogen-bond acceptors (Lipinski definition) is 3. The Balaban J connectivity index is 1.90. The molecule has 3 rings (SSSR count). The number of rotatable bonds is 1. The molecular formula is C15H18N2O4. The lowest BCUT2D eigenvalue weighted by Gasteiger charge is -2.34. The Bertz CT molecular complexity index is 575. The summed E-state index contributed by atoms with van der Waals surface area (Å²) in [4.78, 5) is 27.1. The van der Waals surface area contributed by atoms with Gasteiger partial charge in [-0.2, -0.15) is 0 Å². The first kappa shape index (κ1) is 13.9. The molecule has 0 aliphatic carbocycles. The molecule has 0 bridgehead atoms. The molecule has 1 saturated heterocycles. The van der Waals surface area contributed by atoms with E-state index in [1.54, 1.807) is 17.0 Å². The highest BCUT2D eigenvalue weighted by atomic mass is 16.4. The largest absolute Gasteiger partial charge is 0.480 e. The number of fused-ring (bicyclic) bond motifs is 1. The number of aliphatic carboxylic acids is 1. The molecule has 6 heteroatoms. The number of carboxylic acid groups (broad SMARTS) is 1. The van der Waals surface area contributed by atoms with Crippen molar-refractivity contribution in [1.82, 2.24) is 4.90 Å². The van der Waals surface area contributed by atoms with Crippen LogP contribution in [0.25, 0.3) is 0 Å². The maximum absolute atomic E-state index is 12.7. The Morgan fingerprint density at radius 3 is 2.71 bits per heavy atom. The van der Waals surface area contributed by atoms with Crippen molar-refractivity contribution in [2.75, 3.05) is 18.0 Å². The molecule has 1 aromatic carbocycles. The summed E-state index contributed by atoms with van der Waals surface area (Å²) in [6, 6.07) is 6.07. The van der Waals surface area contributed by atoms with Crippen molar-refractivity contribution in [3.8, 4) is 0 Å². The lowest BCUT2D eigenvalue weighted by atomic mass is 10.1. The average Bonchev–Trinajstić information content (AvgIpc) is 2.86. The van der Waals surface area contributed by atoms with Gasteiger partial charge in [0.05, 0.1) is 6.10 Å². The van der Waals surface area contributed by atoms with E-state index in [0.717, 1.165) is 12.0 Å². The first-order chi connectivity index (χ1) is 10.1. The van der Waals surface area contributed by atoms with Crippen LogP contribution in [0.3, 0.4) is 0 Å². The van der Waals surface area contributed by atoms with E-state index >= 15 is 0 Å². The lowest BCUT2D eigenvalue weighted by molar-refractivity contribution is -0.138. The topological polar surface area (TPSA) is 81.1 Å². The number of β-amino-alcohol motifs (C(OH)–C–C–N with tert-alkyl or cyclic N) is 1. The summed E-state index contributed by atoms with van der Waals surface area (Å²) in [7, 11) is 0. The highest BCUT2D eigenvalue weighted by Crippen LogP contribution is 2.33. The number of carboxylic acids is 1. The van der Waals surface area contributed by atoms with Crippen molar-refractivity contribution in [3.05, 3.63) is 29.8 Å². The van der Waals surface area contributed by atoms with Gasteiger partial charge in [0, 0.05) is 25.2 Å². The highest BCUT2D eigenvalue weighted by molar-refractivity contribution is 6.01. The molecule has 2 heterocycles. The summed E-state index contributed by atoms with van der Waals surface area (Å²) in [6.07, 6.45) is 1.22. The van der Waals surface area contributed by atoms with Gasteiger partial charge in [0.2, 0.25) is 0 Å². The number of amides is 2. The number of anilines is 1. The van der Waals surface area contributed by atoms with Gasteiger partial charge in [0.1, 0.15) is 6.04 Å². The van der Waals surface area contributed by atoms with Gasteiger partial charge in [-0.15, -0.1) is 0 Å². The summed E-state index contributed by atoms with van der Waals surface area (Å²) in [5.41, 5.74) is 1.53. The second kappa shape index (κ2) is 5.37. The zero-order valence-corrected chi connectivity index (χ0v) is 11.6. The van der Waals surface area contributed by atoms with Crippen LogP contribution in [-0.4, -0.2) is 52.3 Å². The third-order valence-electron chi connectivity index (χ3n) is 4.13. The number of aliphatic hydroxyl groups is 1. The number of benzene rings is 1. The molecule has 1 fully saturated rings. The quantitative estimate of drug-likeness (QED) is 0.811. The molecule has 2 N–H and O–H groups in total. The second-order valence-electron chi connectivity index (χ2n) is 5.58. The van der Waals surface area contributed by atoms with Crippen LogP contribution in [0.4, 0.5) is 10.5 Å². The smallest absolute Gasteiger partial charge is 0.327 e. The summed E-state index contributed by atoms with van der Waals surface area (Å²) in [5.74, 6) is -1.00. The standard InChI is InChI=1S/C15H18N2O4/c18-11-5-3-7-16(9-11)15(21)17-12-6-2-1-4-10(12)8-13(17)14(19)20/h1-2,4,6,11,13,18H,3,5,7-9H2,(H,19,20)/t11?,13-/m0/s1. The van der Waals surface area contributed by atoms with Gasteiger partial charge < -0.3 is 15.1 Å². The summed E-state index contributed by atoms with van der Waals surface area (Å²) >= 11 is 0. The number of carbonyl (C=O) groups excluding carboxylic acids is 1. The Labute approximate surface area is 122 Å². The third-order valence-corrected chi connectivity index (χ3v) is 4.13. The number of aliphatic hydroxyl groups excluding tert-OH is 1. The van der Waals surface area contributed by atoms with E-state index in [-0.39, 0.29) is 12.6 Å². The van der Waals surface area contributed by atoms with Crippen molar-refractivity contribution in [2.24, 2.45) is 0 Å². The highest BCUT2D eigenvalue weighted by Gasteiger charge is 2.40. The van der Waals surface area contributed by atoms with Gasteiger partial charge in [-0.3, -0.25) is 4.90 Å².